The van der Waals surface area contributed by atoms with Crippen molar-refractivity contribution in [1.29, 1.82) is 0 Å². The maximum atomic E-state index is 12.1. The summed E-state index contributed by atoms with van der Waals surface area (Å²) in [6, 6.07) is 0.388. The Morgan fingerprint density at radius 3 is 2.68 bits per heavy atom. The fourth-order valence-electron chi connectivity index (χ4n) is 4.37. The van der Waals surface area contributed by atoms with Gasteiger partial charge in [0.15, 0.2) is 5.96 Å². The zero-order chi connectivity index (χ0) is 18.1. The second kappa shape index (κ2) is 10.5. The number of nitrogens with zero attached hydrogens (tertiary/aromatic N) is 1. The molecule has 0 amide bonds. The lowest BCUT2D eigenvalue weighted by molar-refractivity contribution is 0.138. The molecule has 3 atom stereocenters. The zero-order valence-electron chi connectivity index (χ0n) is 16.3. The highest BCUT2D eigenvalue weighted by molar-refractivity contribution is 7.85. The number of ether oxygens (including phenoxy) is 1. The molecule has 2 aliphatic rings. The molecule has 0 heterocycles. The molecule has 5 nitrogen and oxygen atoms in total. The van der Waals surface area contributed by atoms with Gasteiger partial charge in [-0.2, -0.15) is 0 Å². The molecule has 25 heavy (non-hydrogen) atoms. The average Bonchev–Trinajstić information content (AvgIpc) is 3.12. The standard InChI is InChI=1S/C19H37N3O2S/c1-4-25(23)17-9-7-8-16(14-17)22-18(20-2)21-15-19(12-13-24-3)10-5-6-11-19/h16-17H,4-15H2,1-3H3,(H2,20,21,22). The van der Waals surface area contributed by atoms with Crippen LogP contribution in [-0.4, -0.2) is 54.5 Å². The molecule has 0 aromatic heterocycles. The molecule has 0 aromatic carbocycles. The molecule has 2 N–H and O–H groups in total. The summed E-state index contributed by atoms with van der Waals surface area (Å²) in [5.74, 6) is 1.67. The van der Waals surface area contributed by atoms with E-state index in [0.717, 1.165) is 57.0 Å². The first-order valence-corrected chi connectivity index (χ1v) is 11.3. The van der Waals surface area contributed by atoms with Crippen LogP contribution in [-0.2, 0) is 15.5 Å². The summed E-state index contributed by atoms with van der Waals surface area (Å²) >= 11 is 0. The van der Waals surface area contributed by atoms with Gasteiger partial charge in [0.1, 0.15) is 0 Å². The first-order chi connectivity index (χ1) is 12.1. The van der Waals surface area contributed by atoms with Gasteiger partial charge in [0.05, 0.1) is 0 Å². The second-order valence-electron chi connectivity index (χ2n) is 7.67. The number of hydrogen-bond donors (Lipinski definition) is 2. The Balaban J connectivity index is 1.84. The Bertz CT molecular complexity index is 450. The van der Waals surface area contributed by atoms with Gasteiger partial charge in [-0.05, 0) is 43.9 Å². The van der Waals surface area contributed by atoms with Crippen LogP contribution in [0.25, 0.3) is 0 Å². The predicted molar refractivity (Wildman–Crippen MR) is 107 cm³/mol. The van der Waals surface area contributed by atoms with Crippen molar-refractivity contribution in [1.82, 2.24) is 10.6 Å². The van der Waals surface area contributed by atoms with E-state index in [1.807, 2.05) is 14.0 Å². The van der Waals surface area contributed by atoms with Crippen molar-refractivity contribution in [3.8, 4) is 0 Å². The highest BCUT2D eigenvalue weighted by Crippen LogP contribution is 2.40. The lowest BCUT2D eigenvalue weighted by Crippen LogP contribution is -2.49. The van der Waals surface area contributed by atoms with Crippen LogP contribution in [0.15, 0.2) is 4.99 Å². The van der Waals surface area contributed by atoms with Crippen molar-refractivity contribution in [2.45, 2.75) is 76.0 Å². The summed E-state index contributed by atoms with van der Waals surface area (Å²) in [5, 5.41) is 7.50. The molecule has 3 unspecified atom stereocenters. The predicted octanol–water partition coefficient (Wildman–Crippen LogP) is 2.83. The van der Waals surface area contributed by atoms with Crippen LogP contribution in [0.2, 0.25) is 0 Å². The van der Waals surface area contributed by atoms with Gasteiger partial charge in [-0.15, -0.1) is 0 Å². The van der Waals surface area contributed by atoms with Gasteiger partial charge in [0.2, 0.25) is 0 Å². The highest BCUT2D eigenvalue weighted by Gasteiger charge is 2.34. The lowest BCUT2D eigenvalue weighted by Gasteiger charge is -2.33. The third-order valence-electron chi connectivity index (χ3n) is 5.98. The van der Waals surface area contributed by atoms with E-state index in [0.29, 0.717) is 16.7 Å². The molecule has 0 bridgehead atoms. The van der Waals surface area contributed by atoms with E-state index >= 15 is 0 Å². The summed E-state index contributed by atoms with van der Waals surface area (Å²) < 4.78 is 17.5. The van der Waals surface area contributed by atoms with Gasteiger partial charge in [-0.25, -0.2) is 0 Å². The van der Waals surface area contributed by atoms with Crippen molar-refractivity contribution in [2.75, 3.05) is 33.1 Å². The number of guanidine groups is 1. The Hall–Kier alpha value is -0.620. The molecule has 2 fully saturated rings. The number of aliphatic imine (C=N–C) groups is 1. The SMILES string of the molecule is CCS(=O)C1CCCC(NC(=NC)NCC2(CCOC)CCCC2)C1. The first kappa shape index (κ1) is 20.7. The van der Waals surface area contributed by atoms with Crippen LogP contribution in [0.4, 0.5) is 0 Å². The van der Waals surface area contributed by atoms with Crippen molar-refractivity contribution in [3.63, 3.8) is 0 Å². The van der Waals surface area contributed by atoms with E-state index in [-0.39, 0.29) is 0 Å². The van der Waals surface area contributed by atoms with Gasteiger partial charge in [0, 0.05) is 55.2 Å². The van der Waals surface area contributed by atoms with Gasteiger partial charge < -0.3 is 15.4 Å². The molecule has 2 aliphatic carbocycles. The third kappa shape index (κ3) is 6.24. The van der Waals surface area contributed by atoms with Gasteiger partial charge >= 0.3 is 0 Å². The molecule has 2 saturated carbocycles. The number of rotatable bonds is 8. The number of methoxy groups -OCH3 is 1. The molecular formula is C19H37N3O2S. The van der Waals surface area contributed by atoms with Crippen molar-refractivity contribution < 1.29 is 8.95 Å². The summed E-state index contributed by atoms with van der Waals surface area (Å²) in [5.41, 5.74) is 0.354. The Labute approximate surface area is 156 Å². The largest absolute Gasteiger partial charge is 0.385 e. The van der Waals surface area contributed by atoms with Gasteiger partial charge in [-0.3, -0.25) is 9.20 Å². The highest BCUT2D eigenvalue weighted by atomic mass is 32.2. The van der Waals surface area contributed by atoms with E-state index in [1.54, 1.807) is 7.11 Å². The van der Waals surface area contributed by atoms with Crippen LogP contribution in [0.1, 0.15) is 64.7 Å². The van der Waals surface area contributed by atoms with Crippen molar-refractivity contribution in [2.24, 2.45) is 10.4 Å². The number of hydrogen-bond acceptors (Lipinski definition) is 3. The third-order valence-corrected chi connectivity index (χ3v) is 7.72. The average molecular weight is 372 g/mol. The molecule has 0 saturated heterocycles. The normalized spacial score (nSPS) is 27.9. The summed E-state index contributed by atoms with van der Waals surface area (Å²) in [7, 11) is 2.95. The molecule has 0 spiro atoms. The minimum atomic E-state index is -0.681. The monoisotopic (exact) mass is 371 g/mol. The topological polar surface area (TPSA) is 62.7 Å². The van der Waals surface area contributed by atoms with Crippen molar-refractivity contribution >= 4 is 16.8 Å². The zero-order valence-corrected chi connectivity index (χ0v) is 17.1. The van der Waals surface area contributed by atoms with Crippen LogP contribution < -0.4 is 10.6 Å². The van der Waals surface area contributed by atoms with E-state index in [2.05, 4.69) is 15.6 Å². The molecule has 0 radical (unpaired) electrons. The quantitative estimate of drug-likeness (QED) is 0.509. The fourth-order valence-corrected chi connectivity index (χ4v) is 5.72. The summed E-state index contributed by atoms with van der Waals surface area (Å²) in [6.45, 7) is 3.82. The van der Waals surface area contributed by atoms with E-state index in [1.165, 1.54) is 25.7 Å². The van der Waals surface area contributed by atoms with Gasteiger partial charge in [-0.1, -0.05) is 26.2 Å². The van der Waals surface area contributed by atoms with Crippen LogP contribution in [0, 0.1) is 5.41 Å². The van der Waals surface area contributed by atoms with E-state index in [9.17, 15) is 4.21 Å². The molecule has 2 rings (SSSR count). The van der Waals surface area contributed by atoms with Crippen LogP contribution in [0.5, 0.6) is 0 Å². The Kier molecular flexibility index (Phi) is 8.70. The van der Waals surface area contributed by atoms with Gasteiger partial charge in [0.25, 0.3) is 0 Å². The minimum Gasteiger partial charge on any atom is -0.385 e. The minimum absolute atomic E-state index is 0.345. The van der Waals surface area contributed by atoms with Crippen LogP contribution >= 0.6 is 0 Å². The molecule has 6 heteroatoms. The maximum absolute atomic E-state index is 12.1. The Morgan fingerprint density at radius 2 is 2.04 bits per heavy atom. The molecule has 0 aliphatic heterocycles. The van der Waals surface area contributed by atoms with Crippen LogP contribution in [0.3, 0.4) is 0 Å². The summed E-state index contributed by atoms with van der Waals surface area (Å²) in [4.78, 5) is 4.43. The second-order valence-corrected chi connectivity index (χ2v) is 9.68. The smallest absolute Gasteiger partial charge is 0.191 e. The molecule has 0 aromatic rings. The first-order valence-electron chi connectivity index (χ1n) is 9.96. The fraction of sp³-hybridized carbons (Fsp3) is 0.947. The van der Waals surface area contributed by atoms with E-state index in [4.69, 9.17) is 4.74 Å². The van der Waals surface area contributed by atoms with E-state index < -0.39 is 10.8 Å². The van der Waals surface area contributed by atoms with Crippen molar-refractivity contribution in [3.05, 3.63) is 0 Å². The Morgan fingerprint density at radius 1 is 1.28 bits per heavy atom. The number of nitrogens with one attached hydrogen (secondary N) is 2. The lowest BCUT2D eigenvalue weighted by atomic mass is 9.83. The molecular weight excluding hydrogens is 334 g/mol. The summed E-state index contributed by atoms with van der Waals surface area (Å²) in [6.07, 6.45) is 10.7. The maximum Gasteiger partial charge on any atom is 0.191 e. The molecule has 146 valence electrons.